The van der Waals surface area contributed by atoms with Crippen LogP contribution in [0.4, 0.5) is 0 Å². The second-order valence-corrected chi connectivity index (χ2v) is 7.16. The number of hydrogen-bond donors (Lipinski definition) is 1. The molecule has 1 amide bonds. The number of nitrogens with zero attached hydrogens (tertiary/aromatic N) is 3. The second kappa shape index (κ2) is 8.76. The van der Waals surface area contributed by atoms with Gasteiger partial charge >= 0.3 is 0 Å². The summed E-state index contributed by atoms with van der Waals surface area (Å²) in [5.41, 5.74) is 2.69. The zero-order chi connectivity index (χ0) is 18.7. The van der Waals surface area contributed by atoms with Crippen LogP contribution in [0.5, 0.6) is 5.75 Å². The highest BCUT2D eigenvalue weighted by atomic mass is 35.5. The molecule has 2 aromatic rings. The van der Waals surface area contributed by atoms with Crippen molar-refractivity contribution in [3.05, 3.63) is 47.3 Å². The number of nitrogens with one attached hydrogen (secondary N) is 1. The fraction of sp³-hybridized carbons (Fsp3) is 0.500. The van der Waals surface area contributed by atoms with Crippen molar-refractivity contribution in [1.29, 1.82) is 0 Å². The molecule has 2 heterocycles. The molecule has 27 heavy (non-hydrogen) atoms. The van der Waals surface area contributed by atoms with E-state index in [1.54, 1.807) is 13.3 Å². The van der Waals surface area contributed by atoms with Crippen LogP contribution in [0.25, 0.3) is 0 Å². The van der Waals surface area contributed by atoms with Gasteiger partial charge in [-0.15, -0.1) is 12.4 Å². The fourth-order valence-electron chi connectivity index (χ4n) is 4.06. The molecule has 0 saturated carbocycles. The number of likely N-dealkylation sites (N-methyl/N-ethyl adjacent to an activating group) is 1. The third kappa shape index (κ3) is 4.12. The van der Waals surface area contributed by atoms with Gasteiger partial charge in [-0.05, 0) is 62.5 Å². The van der Waals surface area contributed by atoms with Crippen molar-refractivity contribution in [3.8, 4) is 5.75 Å². The SMILES string of the molecule is COc1c(C)cc(CN(C)C(=O)C2(n3cccn3)CCNCC2)cc1C.Cl. The van der Waals surface area contributed by atoms with Crippen molar-refractivity contribution in [2.24, 2.45) is 0 Å². The Morgan fingerprint density at radius 2 is 1.93 bits per heavy atom. The largest absolute Gasteiger partial charge is 0.496 e. The Kier molecular flexibility index (Phi) is 6.89. The maximum atomic E-state index is 13.4. The van der Waals surface area contributed by atoms with Gasteiger partial charge in [0.25, 0.3) is 5.91 Å². The summed E-state index contributed by atoms with van der Waals surface area (Å²) in [6.07, 6.45) is 5.14. The fourth-order valence-corrected chi connectivity index (χ4v) is 4.06. The Bertz CT molecular complexity index is 747. The number of piperidine rings is 1. The van der Waals surface area contributed by atoms with Crippen molar-refractivity contribution in [1.82, 2.24) is 20.0 Å². The number of methoxy groups -OCH3 is 1. The lowest BCUT2D eigenvalue weighted by Gasteiger charge is -2.39. The smallest absolute Gasteiger partial charge is 0.250 e. The number of carbonyl (C=O) groups excluding carboxylic acids is 1. The molecule has 0 bridgehead atoms. The van der Waals surface area contributed by atoms with Gasteiger partial charge in [0.15, 0.2) is 0 Å². The minimum absolute atomic E-state index is 0. The Morgan fingerprint density at radius 3 is 2.44 bits per heavy atom. The van der Waals surface area contributed by atoms with Gasteiger partial charge < -0.3 is 15.0 Å². The van der Waals surface area contributed by atoms with Crippen LogP contribution in [-0.4, -0.2) is 47.8 Å². The van der Waals surface area contributed by atoms with Crippen LogP contribution < -0.4 is 10.1 Å². The minimum atomic E-state index is -0.597. The summed E-state index contributed by atoms with van der Waals surface area (Å²) in [6.45, 7) is 6.28. The number of benzene rings is 1. The zero-order valence-electron chi connectivity index (χ0n) is 16.5. The third-order valence-corrected chi connectivity index (χ3v) is 5.26. The topological polar surface area (TPSA) is 59.4 Å². The first-order valence-corrected chi connectivity index (χ1v) is 9.08. The number of aromatic nitrogens is 2. The Balaban J connectivity index is 0.00000261. The van der Waals surface area contributed by atoms with Crippen molar-refractivity contribution in [3.63, 3.8) is 0 Å². The van der Waals surface area contributed by atoms with Crippen LogP contribution in [-0.2, 0) is 16.9 Å². The summed E-state index contributed by atoms with van der Waals surface area (Å²) < 4.78 is 7.29. The minimum Gasteiger partial charge on any atom is -0.496 e. The standard InChI is InChI=1S/C20H28N4O2.ClH/c1-15-12-17(13-16(2)18(15)26-4)14-23(3)19(25)20(6-9-21-10-7-20)24-11-5-8-22-24;/h5,8,11-13,21H,6-7,9-10,14H2,1-4H3;1H. The van der Waals surface area contributed by atoms with E-state index in [9.17, 15) is 4.79 Å². The molecule has 1 aromatic heterocycles. The predicted octanol–water partition coefficient (Wildman–Crippen LogP) is 2.67. The van der Waals surface area contributed by atoms with Crippen molar-refractivity contribution >= 4 is 18.3 Å². The molecule has 0 radical (unpaired) electrons. The number of halogens is 1. The summed E-state index contributed by atoms with van der Waals surface area (Å²) in [4.78, 5) is 15.3. The van der Waals surface area contributed by atoms with Gasteiger partial charge in [0, 0.05) is 26.0 Å². The van der Waals surface area contributed by atoms with Crippen molar-refractivity contribution in [2.75, 3.05) is 27.2 Å². The molecule has 1 aliphatic heterocycles. The summed E-state index contributed by atoms with van der Waals surface area (Å²) >= 11 is 0. The maximum Gasteiger partial charge on any atom is 0.250 e. The van der Waals surface area contributed by atoms with E-state index in [4.69, 9.17) is 4.74 Å². The van der Waals surface area contributed by atoms with Gasteiger partial charge in [0.2, 0.25) is 0 Å². The lowest BCUT2D eigenvalue weighted by atomic mass is 9.86. The first-order chi connectivity index (χ1) is 12.5. The molecule has 6 nitrogen and oxygen atoms in total. The number of aryl methyl sites for hydroxylation is 2. The van der Waals surface area contributed by atoms with Gasteiger partial charge in [-0.25, -0.2) is 0 Å². The monoisotopic (exact) mass is 392 g/mol. The Labute approximate surface area is 167 Å². The van der Waals surface area contributed by atoms with Crippen LogP contribution in [0.2, 0.25) is 0 Å². The normalized spacial score (nSPS) is 15.7. The molecule has 7 heteroatoms. The van der Waals surface area contributed by atoms with E-state index in [1.165, 1.54) is 0 Å². The average molecular weight is 393 g/mol. The number of ether oxygens (including phenoxy) is 1. The number of amides is 1. The van der Waals surface area contributed by atoms with Gasteiger partial charge in [-0.3, -0.25) is 9.48 Å². The third-order valence-electron chi connectivity index (χ3n) is 5.26. The molecule has 148 valence electrons. The predicted molar refractivity (Wildman–Crippen MR) is 108 cm³/mol. The molecule has 3 rings (SSSR count). The molecule has 1 aromatic carbocycles. The highest BCUT2D eigenvalue weighted by molar-refractivity contribution is 5.85. The molecule has 0 unspecified atom stereocenters. The zero-order valence-corrected chi connectivity index (χ0v) is 17.3. The Hall–Kier alpha value is -2.05. The van der Waals surface area contributed by atoms with Crippen molar-refractivity contribution < 1.29 is 9.53 Å². The van der Waals surface area contributed by atoms with E-state index in [1.807, 2.05) is 42.7 Å². The molecule has 0 aliphatic carbocycles. The van der Waals surface area contributed by atoms with Crippen LogP contribution in [0.15, 0.2) is 30.6 Å². The highest BCUT2D eigenvalue weighted by Crippen LogP contribution is 2.30. The first-order valence-electron chi connectivity index (χ1n) is 9.08. The van der Waals surface area contributed by atoms with E-state index in [-0.39, 0.29) is 18.3 Å². The van der Waals surface area contributed by atoms with Crippen molar-refractivity contribution in [2.45, 2.75) is 38.8 Å². The molecule has 0 spiro atoms. The molecule has 1 N–H and O–H groups in total. The highest BCUT2D eigenvalue weighted by Gasteiger charge is 2.43. The van der Waals surface area contributed by atoms with Gasteiger partial charge in [0.05, 0.1) is 7.11 Å². The van der Waals surface area contributed by atoms with Crippen LogP contribution in [0.3, 0.4) is 0 Å². The van der Waals surface area contributed by atoms with Crippen LogP contribution >= 0.6 is 12.4 Å². The van der Waals surface area contributed by atoms with E-state index in [2.05, 4.69) is 22.5 Å². The number of carbonyl (C=O) groups is 1. The summed E-state index contributed by atoms with van der Waals surface area (Å²) in [7, 11) is 3.57. The maximum absolute atomic E-state index is 13.4. The van der Waals surface area contributed by atoms with Crippen LogP contribution in [0.1, 0.15) is 29.5 Å². The average Bonchev–Trinajstić information content (AvgIpc) is 3.16. The van der Waals surface area contributed by atoms with E-state index >= 15 is 0 Å². The summed E-state index contributed by atoms with van der Waals surface area (Å²) in [5.74, 6) is 1.03. The lowest BCUT2D eigenvalue weighted by Crippen LogP contribution is -2.54. The molecule has 1 aliphatic rings. The second-order valence-electron chi connectivity index (χ2n) is 7.16. The lowest BCUT2D eigenvalue weighted by molar-refractivity contribution is -0.142. The first kappa shape index (κ1) is 21.3. The molecular weight excluding hydrogens is 364 g/mol. The Morgan fingerprint density at radius 1 is 1.30 bits per heavy atom. The van der Waals surface area contributed by atoms with E-state index < -0.39 is 5.54 Å². The van der Waals surface area contributed by atoms with Gasteiger partial charge in [0.1, 0.15) is 11.3 Å². The van der Waals surface area contributed by atoms with E-state index in [0.29, 0.717) is 6.54 Å². The van der Waals surface area contributed by atoms with Crippen LogP contribution in [0, 0.1) is 13.8 Å². The molecule has 0 atom stereocenters. The van der Waals surface area contributed by atoms with Gasteiger partial charge in [-0.2, -0.15) is 5.10 Å². The summed E-state index contributed by atoms with van der Waals surface area (Å²) in [6, 6.07) is 6.07. The number of rotatable bonds is 5. The quantitative estimate of drug-likeness (QED) is 0.849. The summed E-state index contributed by atoms with van der Waals surface area (Å²) in [5, 5.41) is 7.75. The molecule has 1 saturated heterocycles. The van der Waals surface area contributed by atoms with E-state index in [0.717, 1.165) is 48.4 Å². The van der Waals surface area contributed by atoms with Gasteiger partial charge in [-0.1, -0.05) is 12.1 Å². The number of hydrogen-bond acceptors (Lipinski definition) is 4. The molecular formula is C20H29ClN4O2. The molecule has 1 fully saturated rings.